The molecule has 2 aliphatic rings. The number of para-hydroxylation sites is 2. The fourth-order valence-electron chi connectivity index (χ4n) is 7.57. The Hall–Kier alpha value is -7.58. The number of methoxy groups -OCH3 is 1. The summed E-state index contributed by atoms with van der Waals surface area (Å²) in [6, 6.07) is 40.8. The molecule has 0 unspecified atom stereocenters. The zero-order valence-corrected chi connectivity index (χ0v) is 37.2. The van der Waals surface area contributed by atoms with Gasteiger partial charge in [0.25, 0.3) is 0 Å². The first-order valence-corrected chi connectivity index (χ1v) is 22.3. The number of carbonyl (C=O) groups excluding carboxylic acids is 4. The molecular formula is C52H55N7O7. The van der Waals surface area contributed by atoms with Crippen LogP contribution in [0.15, 0.2) is 146 Å². The van der Waals surface area contributed by atoms with Crippen molar-refractivity contribution < 1.29 is 33.4 Å². The van der Waals surface area contributed by atoms with E-state index < -0.39 is 5.97 Å². The second kappa shape index (κ2) is 23.4. The van der Waals surface area contributed by atoms with Gasteiger partial charge in [0, 0.05) is 55.5 Å². The van der Waals surface area contributed by atoms with Gasteiger partial charge in [-0.1, -0.05) is 36.4 Å². The summed E-state index contributed by atoms with van der Waals surface area (Å²) in [7, 11) is 1.33. The average molecular weight is 890 g/mol. The van der Waals surface area contributed by atoms with E-state index in [0.717, 1.165) is 87.6 Å². The third-order valence-corrected chi connectivity index (χ3v) is 11.2. The Morgan fingerprint density at radius 2 is 0.909 bits per heavy atom. The van der Waals surface area contributed by atoms with Crippen molar-refractivity contribution in [2.24, 2.45) is 5.73 Å². The number of esters is 1. The van der Waals surface area contributed by atoms with Gasteiger partial charge in [-0.15, -0.1) is 0 Å². The summed E-state index contributed by atoms with van der Waals surface area (Å²) in [6.45, 7) is 3.53. The lowest BCUT2D eigenvalue weighted by Crippen LogP contribution is -2.45. The molecule has 14 heteroatoms. The van der Waals surface area contributed by atoms with Crippen molar-refractivity contribution in [1.82, 2.24) is 19.8 Å². The summed E-state index contributed by atoms with van der Waals surface area (Å²) < 4.78 is 16.5. The fraction of sp³-hybridized carbons (Fsp3) is 0.269. The van der Waals surface area contributed by atoms with Crippen molar-refractivity contribution in [2.45, 2.75) is 51.6 Å². The van der Waals surface area contributed by atoms with Gasteiger partial charge >= 0.3 is 18.0 Å². The number of rotatable bonds is 13. The number of benzene rings is 4. The van der Waals surface area contributed by atoms with Gasteiger partial charge in [-0.2, -0.15) is 0 Å². The van der Waals surface area contributed by atoms with Gasteiger partial charge in [-0.05, 0) is 136 Å². The number of carbonyl (C=O) groups is 4. The molecular weight excluding hydrogens is 835 g/mol. The predicted molar refractivity (Wildman–Crippen MR) is 253 cm³/mol. The second-order valence-electron chi connectivity index (χ2n) is 15.8. The minimum Gasteiger partial charge on any atom is -0.465 e. The molecule has 2 aliphatic heterocycles. The highest BCUT2D eigenvalue weighted by Gasteiger charge is 2.26. The molecule has 0 saturated carbocycles. The van der Waals surface area contributed by atoms with Crippen LogP contribution in [0.3, 0.4) is 0 Å². The largest absolute Gasteiger partial charge is 0.465 e. The lowest BCUT2D eigenvalue weighted by molar-refractivity contribution is 0.0600. The number of ether oxygens (including phenoxy) is 3. The van der Waals surface area contributed by atoms with E-state index in [1.54, 1.807) is 34.1 Å². The van der Waals surface area contributed by atoms with Crippen LogP contribution in [-0.4, -0.2) is 83.4 Å². The lowest BCUT2D eigenvalue weighted by Gasteiger charge is -2.33. The van der Waals surface area contributed by atoms with Crippen LogP contribution in [0.1, 0.15) is 70.6 Å². The van der Waals surface area contributed by atoms with E-state index in [9.17, 15) is 19.2 Å². The van der Waals surface area contributed by atoms with Crippen molar-refractivity contribution >= 4 is 35.2 Å². The molecule has 0 atom stereocenters. The minimum atomic E-state index is -0.440. The minimum absolute atomic E-state index is 0.0460. The van der Waals surface area contributed by atoms with Crippen LogP contribution in [0, 0.1) is 0 Å². The van der Waals surface area contributed by atoms with Gasteiger partial charge in [0.2, 0.25) is 0 Å². The SMILES string of the molecule is COC(=O)c1ccc(CN(C(=O)N2CCCCC2)c2ccc(Oc3ccccc3)cc2)nc1.NCC(=O)c1ccc(CN(C(=O)N2CCCCC2)c2ccc(Oc3ccccc3)cc2)nc1. The van der Waals surface area contributed by atoms with Gasteiger partial charge in [-0.3, -0.25) is 24.6 Å². The molecule has 0 aliphatic carbocycles. The van der Waals surface area contributed by atoms with Crippen molar-refractivity contribution in [3.63, 3.8) is 0 Å². The molecule has 2 N–H and O–H groups in total. The van der Waals surface area contributed by atoms with Gasteiger partial charge in [0.15, 0.2) is 5.78 Å². The van der Waals surface area contributed by atoms with Crippen LogP contribution in [-0.2, 0) is 17.8 Å². The van der Waals surface area contributed by atoms with Gasteiger partial charge in [-0.25, -0.2) is 14.4 Å². The van der Waals surface area contributed by atoms with Crippen molar-refractivity contribution in [2.75, 3.05) is 49.6 Å². The van der Waals surface area contributed by atoms with Crippen LogP contribution in [0.25, 0.3) is 0 Å². The summed E-state index contributed by atoms with van der Waals surface area (Å²) in [6.07, 6.45) is 9.33. The Balaban J connectivity index is 0.000000196. The molecule has 2 fully saturated rings. The summed E-state index contributed by atoms with van der Waals surface area (Å²) in [5.74, 6) is 2.28. The third-order valence-electron chi connectivity index (χ3n) is 11.2. The summed E-state index contributed by atoms with van der Waals surface area (Å²) in [4.78, 5) is 66.3. The highest BCUT2D eigenvalue weighted by molar-refractivity contribution is 5.97. The van der Waals surface area contributed by atoms with E-state index >= 15 is 0 Å². The first-order valence-electron chi connectivity index (χ1n) is 22.3. The molecule has 340 valence electrons. The molecule has 14 nitrogen and oxygen atoms in total. The number of likely N-dealkylation sites (tertiary alicyclic amines) is 2. The monoisotopic (exact) mass is 889 g/mol. The number of urea groups is 2. The standard InChI is InChI=1S/C26H28N4O3.C26H27N3O4/c27-17-25(31)20-9-10-21(28-18-20)19-30(26(32)29-15-5-2-6-16-29)22-11-13-24(14-12-22)33-23-7-3-1-4-8-23;1-32-25(30)20-10-11-21(27-18-20)19-29(26(31)28-16-6-3-7-17-28)22-12-14-24(15-13-22)33-23-8-4-2-5-9-23/h1,3-4,7-14,18H,2,5-6,15-17,19,27H2;2,4-5,8-15,18H,3,6-7,16-17,19H2,1H3. The van der Waals surface area contributed by atoms with Crippen molar-refractivity contribution in [3.05, 3.63) is 168 Å². The number of ketones is 1. The van der Waals surface area contributed by atoms with Crippen LogP contribution < -0.4 is 25.0 Å². The molecule has 2 aromatic heterocycles. The molecule has 8 rings (SSSR count). The van der Waals surface area contributed by atoms with Gasteiger partial charge < -0.3 is 29.7 Å². The summed E-state index contributed by atoms with van der Waals surface area (Å²) in [5, 5.41) is 0. The van der Waals surface area contributed by atoms with Crippen molar-refractivity contribution in [3.8, 4) is 23.0 Å². The number of nitrogens with two attached hydrogens (primary N) is 1. The second-order valence-corrected chi connectivity index (χ2v) is 15.8. The predicted octanol–water partition coefficient (Wildman–Crippen LogP) is 9.90. The maximum atomic E-state index is 13.4. The van der Waals surface area contributed by atoms with Gasteiger partial charge in [0.1, 0.15) is 23.0 Å². The maximum absolute atomic E-state index is 13.4. The highest BCUT2D eigenvalue weighted by atomic mass is 16.5. The third kappa shape index (κ3) is 12.8. The number of anilines is 2. The van der Waals surface area contributed by atoms with E-state index in [0.29, 0.717) is 40.6 Å². The number of aromatic nitrogens is 2. The number of amides is 4. The summed E-state index contributed by atoms with van der Waals surface area (Å²) in [5.41, 5.74) is 9.16. The zero-order valence-electron chi connectivity index (χ0n) is 37.2. The number of hydrogen-bond acceptors (Lipinski definition) is 10. The molecule has 0 radical (unpaired) electrons. The Bertz CT molecular complexity index is 2300. The number of pyridine rings is 2. The molecule has 2 saturated heterocycles. The van der Waals surface area contributed by atoms with Crippen LogP contribution >= 0.6 is 0 Å². The van der Waals surface area contributed by atoms with Crippen molar-refractivity contribution in [1.29, 1.82) is 0 Å². The number of hydrogen-bond donors (Lipinski definition) is 1. The first-order chi connectivity index (χ1) is 32.3. The van der Waals surface area contributed by atoms with Gasteiger partial charge in [0.05, 0.1) is 43.7 Å². The molecule has 4 aromatic carbocycles. The zero-order chi connectivity index (χ0) is 46.1. The van der Waals surface area contributed by atoms with E-state index in [2.05, 4.69) is 9.97 Å². The van der Waals surface area contributed by atoms with Crippen LogP contribution in [0.5, 0.6) is 23.0 Å². The molecule has 4 amide bonds. The number of piperidine rings is 2. The molecule has 66 heavy (non-hydrogen) atoms. The van der Waals surface area contributed by atoms with E-state index in [1.165, 1.54) is 19.5 Å². The summed E-state index contributed by atoms with van der Waals surface area (Å²) >= 11 is 0. The number of nitrogens with zero attached hydrogens (tertiary/aromatic N) is 6. The quantitative estimate of drug-likeness (QED) is 0.0873. The van der Waals surface area contributed by atoms with Crippen LogP contribution in [0.4, 0.5) is 21.0 Å². The molecule has 0 spiro atoms. The first kappa shape index (κ1) is 46.4. The Morgan fingerprint density at radius 1 is 0.515 bits per heavy atom. The molecule has 6 aromatic rings. The maximum Gasteiger partial charge on any atom is 0.339 e. The highest BCUT2D eigenvalue weighted by Crippen LogP contribution is 2.29. The van der Waals surface area contributed by atoms with E-state index in [-0.39, 0.29) is 30.9 Å². The number of Topliss-reactive ketones (excluding diaryl/α,β-unsaturated/α-hetero) is 1. The lowest BCUT2D eigenvalue weighted by atomic mass is 10.1. The molecule has 0 bridgehead atoms. The average Bonchev–Trinajstić information content (AvgIpc) is 3.38. The Labute approximate surface area is 385 Å². The Morgan fingerprint density at radius 3 is 1.27 bits per heavy atom. The van der Waals surface area contributed by atoms with E-state index in [1.807, 2.05) is 119 Å². The van der Waals surface area contributed by atoms with E-state index in [4.69, 9.17) is 19.9 Å². The normalized spacial score (nSPS) is 13.4. The topological polar surface area (TPSA) is 161 Å². The fourth-order valence-corrected chi connectivity index (χ4v) is 7.57. The Kier molecular flexibility index (Phi) is 16.4. The van der Waals surface area contributed by atoms with Crippen LogP contribution in [0.2, 0.25) is 0 Å². The smallest absolute Gasteiger partial charge is 0.339 e. The molecule has 4 heterocycles.